The number of benzene rings is 1. The zero-order chi connectivity index (χ0) is 17.4. The number of hydrogen-bond acceptors (Lipinski definition) is 5. The normalized spacial score (nSPS) is 17.8. The molecule has 0 radical (unpaired) electrons. The van der Waals surface area contributed by atoms with Crippen LogP contribution in [0.25, 0.3) is 16.6 Å². The summed E-state index contributed by atoms with van der Waals surface area (Å²) in [6.07, 6.45) is 3.65. The molecule has 1 fully saturated rings. The minimum absolute atomic E-state index is 0.0426. The summed E-state index contributed by atoms with van der Waals surface area (Å²) in [6.45, 7) is 3.16. The van der Waals surface area contributed by atoms with Gasteiger partial charge in [-0.2, -0.15) is 0 Å². The molecule has 2 aromatic heterocycles. The molecule has 25 heavy (non-hydrogen) atoms. The van der Waals surface area contributed by atoms with Gasteiger partial charge in [-0.3, -0.25) is 9.78 Å². The summed E-state index contributed by atoms with van der Waals surface area (Å²) >= 11 is 0. The van der Waals surface area contributed by atoms with E-state index in [1.807, 2.05) is 37.3 Å². The largest absolute Gasteiger partial charge is 0.336 e. The lowest BCUT2D eigenvalue weighted by Crippen LogP contribution is -2.46. The molecule has 3 aromatic rings. The highest BCUT2D eigenvalue weighted by molar-refractivity contribution is 5.93. The second-order valence-electron chi connectivity index (χ2n) is 6.47. The van der Waals surface area contributed by atoms with Crippen LogP contribution in [-0.4, -0.2) is 49.9 Å². The van der Waals surface area contributed by atoms with Crippen LogP contribution in [0.2, 0.25) is 0 Å². The second kappa shape index (κ2) is 6.25. The van der Waals surface area contributed by atoms with Crippen LogP contribution in [0.5, 0.6) is 0 Å². The van der Waals surface area contributed by atoms with Crippen molar-refractivity contribution in [2.24, 2.45) is 5.73 Å². The van der Waals surface area contributed by atoms with Crippen molar-refractivity contribution in [3.8, 4) is 5.69 Å². The average molecular weight is 336 g/mol. The van der Waals surface area contributed by atoms with Gasteiger partial charge in [0.25, 0.3) is 5.91 Å². The van der Waals surface area contributed by atoms with E-state index in [1.165, 1.54) is 0 Å². The van der Waals surface area contributed by atoms with E-state index in [0.29, 0.717) is 12.2 Å². The molecule has 0 spiro atoms. The average Bonchev–Trinajstić information content (AvgIpc) is 3.02. The second-order valence-corrected chi connectivity index (χ2v) is 6.47. The van der Waals surface area contributed by atoms with Crippen molar-refractivity contribution in [1.82, 2.24) is 24.9 Å². The quantitative estimate of drug-likeness (QED) is 0.769. The molecule has 128 valence electrons. The monoisotopic (exact) mass is 336 g/mol. The molecule has 1 atom stereocenters. The lowest BCUT2D eigenvalue weighted by Gasteiger charge is -2.30. The Morgan fingerprint density at radius 3 is 3.04 bits per heavy atom. The molecule has 2 N–H and O–H groups in total. The van der Waals surface area contributed by atoms with Gasteiger partial charge in [0.2, 0.25) is 0 Å². The van der Waals surface area contributed by atoms with Gasteiger partial charge in [-0.25, -0.2) is 4.68 Å². The maximum Gasteiger partial charge on any atom is 0.276 e. The standard InChI is InChI=1S/C18H20N6O/c1-12-17(18(25)23-9-3-5-14(19)11-23)21-22-24(12)15-6-7-16-13(10-15)4-2-8-20-16/h2,4,6-8,10,14H,3,5,9,11,19H2,1H3. The maximum absolute atomic E-state index is 12.8. The lowest BCUT2D eigenvalue weighted by atomic mass is 10.1. The molecule has 7 nitrogen and oxygen atoms in total. The van der Waals surface area contributed by atoms with Crippen molar-refractivity contribution in [2.75, 3.05) is 13.1 Å². The first-order chi connectivity index (χ1) is 12.1. The van der Waals surface area contributed by atoms with Crippen LogP contribution in [0.1, 0.15) is 29.0 Å². The smallest absolute Gasteiger partial charge is 0.276 e. The van der Waals surface area contributed by atoms with E-state index in [0.717, 1.165) is 41.7 Å². The number of carbonyl (C=O) groups is 1. The number of likely N-dealkylation sites (tertiary alicyclic amines) is 1. The van der Waals surface area contributed by atoms with Crippen molar-refractivity contribution < 1.29 is 4.79 Å². The van der Waals surface area contributed by atoms with E-state index < -0.39 is 0 Å². The summed E-state index contributed by atoms with van der Waals surface area (Å²) in [6, 6.07) is 9.81. The number of piperidine rings is 1. The van der Waals surface area contributed by atoms with E-state index >= 15 is 0 Å². The van der Waals surface area contributed by atoms with Crippen LogP contribution < -0.4 is 5.73 Å². The maximum atomic E-state index is 12.8. The Bertz CT molecular complexity index is 934. The van der Waals surface area contributed by atoms with Crippen LogP contribution in [0.3, 0.4) is 0 Å². The van der Waals surface area contributed by atoms with Crippen molar-refractivity contribution in [1.29, 1.82) is 0 Å². The van der Waals surface area contributed by atoms with Gasteiger partial charge in [-0.1, -0.05) is 11.3 Å². The third kappa shape index (κ3) is 2.87. The summed E-state index contributed by atoms with van der Waals surface area (Å²) in [5.74, 6) is -0.0960. The van der Waals surface area contributed by atoms with Gasteiger partial charge in [-0.15, -0.1) is 5.10 Å². The highest BCUT2D eigenvalue weighted by atomic mass is 16.2. The third-order valence-corrected chi connectivity index (χ3v) is 4.67. The molecule has 7 heteroatoms. The van der Waals surface area contributed by atoms with Crippen molar-refractivity contribution in [3.63, 3.8) is 0 Å². The van der Waals surface area contributed by atoms with Gasteiger partial charge in [-0.05, 0) is 44.0 Å². The molecule has 1 aliphatic heterocycles. The summed E-state index contributed by atoms with van der Waals surface area (Å²) < 4.78 is 1.70. The van der Waals surface area contributed by atoms with Gasteiger partial charge in [0.15, 0.2) is 5.69 Å². The molecular formula is C18H20N6O. The molecular weight excluding hydrogens is 316 g/mol. The summed E-state index contributed by atoms with van der Waals surface area (Å²) in [4.78, 5) is 18.9. The van der Waals surface area contributed by atoms with Gasteiger partial charge >= 0.3 is 0 Å². The van der Waals surface area contributed by atoms with E-state index in [1.54, 1.807) is 15.8 Å². The van der Waals surface area contributed by atoms with E-state index in [2.05, 4.69) is 15.3 Å². The molecule has 4 rings (SSSR count). The van der Waals surface area contributed by atoms with Crippen LogP contribution in [0.15, 0.2) is 36.5 Å². The molecule has 0 saturated carbocycles. The fourth-order valence-corrected chi connectivity index (χ4v) is 3.31. The van der Waals surface area contributed by atoms with Crippen LogP contribution >= 0.6 is 0 Å². The van der Waals surface area contributed by atoms with Gasteiger partial charge in [0.1, 0.15) is 0 Å². The third-order valence-electron chi connectivity index (χ3n) is 4.67. The molecule has 3 heterocycles. The molecule has 1 aliphatic rings. The number of rotatable bonds is 2. The van der Waals surface area contributed by atoms with Gasteiger partial charge in [0.05, 0.1) is 16.9 Å². The number of nitrogens with zero attached hydrogens (tertiary/aromatic N) is 5. The highest BCUT2D eigenvalue weighted by Crippen LogP contribution is 2.19. The topological polar surface area (TPSA) is 89.9 Å². The number of fused-ring (bicyclic) bond motifs is 1. The summed E-state index contributed by atoms with van der Waals surface area (Å²) in [5, 5.41) is 9.35. The highest BCUT2D eigenvalue weighted by Gasteiger charge is 2.26. The molecule has 1 unspecified atom stereocenters. The first-order valence-corrected chi connectivity index (χ1v) is 8.46. The van der Waals surface area contributed by atoms with Crippen molar-refractivity contribution in [2.45, 2.75) is 25.8 Å². The molecule has 1 amide bonds. The van der Waals surface area contributed by atoms with Crippen LogP contribution in [0, 0.1) is 6.92 Å². The zero-order valence-electron chi connectivity index (χ0n) is 14.1. The molecule has 1 saturated heterocycles. The number of aromatic nitrogens is 4. The first-order valence-electron chi connectivity index (χ1n) is 8.46. The number of pyridine rings is 1. The zero-order valence-corrected chi connectivity index (χ0v) is 14.1. The lowest BCUT2D eigenvalue weighted by molar-refractivity contribution is 0.0702. The minimum Gasteiger partial charge on any atom is -0.336 e. The Labute approximate surface area is 145 Å². The molecule has 1 aromatic carbocycles. The Hall–Kier alpha value is -2.80. The first kappa shape index (κ1) is 15.7. The predicted octanol–water partition coefficient (Wildman–Crippen LogP) is 1.69. The van der Waals surface area contributed by atoms with E-state index in [-0.39, 0.29) is 11.9 Å². The number of nitrogens with two attached hydrogens (primary N) is 1. The van der Waals surface area contributed by atoms with Crippen LogP contribution in [0.4, 0.5) is 0 Å². The number of carbonyl (C=O) groups excluding carboxylic acids is 1. The van der Waals surface area contributed by atoms with Crippen molar-refractivity contribution in [3.05, 3.63) is 47.9 Å². The fourth-order valence-electron chi connectivity index (χ4n) is 3.31. The molecule has 0 bridgehead atoms. The van der Waals surface area contributed by atoms with Gasteiger partial charge < -0.3 is 10.6 Å². The van der Waals surface area contributed by atoms with Crippen molar-refractivity contribution >= 4 is 16.8 Å². The van der Waals surface area contributed by atoms with Crippen LogP contribution in [-0.2, 0) is 0 Å². The Morgan fingerprint density at radius 2 is 2.20 bits per heavy atom. The Kier molecular flexibility index (Phi) is 3.93. The summed E-state index contributed by atoms with van der Waals surface area (Å²) in [7, 11) is 0. The number of hydrogen-bond donors (Lipinski definition) is 1. The predicted molar refractivity (Wildman–Crippen MR) is 94.5 cm³/mol. The number of amides is 1. The Morgan fingerprint density at radius 1 is 1.32 bits per heavy atom. The Balaban J connectivity index is 1.67. The van der Waals surface area contributed by atoms with Gasteiger partial charge in [0, 0.05) is 30.7 Å². The minimum atomic E-state index is -0.0960. The van der Waals surface area contributed by atoms with E-state index in [9.17, 15) is 4.79 Å². The van der Waals surface area contributed by atoms with E-state index in [4.69, 9.17) is 5.73 Å². The fraction of sp³-hybridized carbons (Fsp3) is 0.333. The SMILES string of the molecule is Cc1c(C(=O)N2CCCC(N)C2)nnn1-c1ccc2ncccc2c1. The molecule has 0 aliphatic carbocycles. The summed E-state index contributed by atoms with van der Waals surface area (Å²) in [5.41, 5.74) is 8.89.